The number of halogens is 1. The highest BCUT2D eigenvalue weighted by Crippen LogP contribution is 2.60. The number of β-lactam (4-membered cyclic amide) rings is 1. The lowest BCUT2D eigenvalue weighted by atomic mass is 9.82. The molecule has 0 bridgehead atoms. The minimum Gasteiger partial charge on any atom is -0.497 e. The van der Waals surface area contributed by atoms with Crippen molar-refractivity contribution in [2.75, 3.05) is 30.1 Å². The molecule has 11 nitrogen and oxygen atoms in total. The summed E-state index contributed by atoms with van der Waals surface area (Å²) in [6.45, 7) is 6.91. The predicted molar refractivity (Wildman–Crippen MR) is 173 cm³/mol. The number of nitrogens with zero attached hydrogens (tertiary/aromatic N) is 3. The molecule has 1 spiro atoms. The Morgan fingerprint density at radius 2 is 1.87 bits per heavy atom. The van der Waals surface area contributed by atoms with Crippen molar-refractivity contribution in [1.82, 2.24) is 4.90 Å². The fourth-order valence-corrected chi connectivity index (χ4v) is 10.6. The van der Waals surface area contributed by atoms with Gasteiger partial charge in [0.15, 0.2) is 11.8 Å². The van der Waals surface area contributed by atoms with Crippen LogP contribution in [0.5, 0.6) is 5.75 Å². The van der Waals surface area contributed by atoms with Crippen LogP contribution in [0, 0.1) is 5.92 Å². The minimum atomic E-state index is -3.49. The number of aliphatic hydroxyl groups is 1. The van der Waals surface area contributed by atoms with Crippen molar-refractivity contribution in [3.63, 3.8) is 0 Å². The van der Waals surface area contributed by atoms with Gasteiger partial charge in [0.1, 0.15) is 5.75 Å². The highest BCUT2D eigenvalue weighted by molar-refractivity contribution is 6.72. The van der Waals surface area contributed by atoms with Gasteiger partial charge in [-0.15, -0.1) is 0 Å². The molecule has 13 heteroatoms. The molecule has 0 aliphatic carbocycles. The van der Waals surface area contributed by atoms with Crippen molar-refractivity contribution in [1.29, 1.82) is 0 Å². The summed E-state index contributed by atoms with van der Waals surface area (Å²) in [6, 6.07) is 12.2. The Bertz CT molecular complexity index is 1580. The smallest absolute Gasteiger partial charge is 0.304 e. The van der Waals surface area contributed by atoms with E-state index in [1.807, 2.05) is 19.1 Å². The van der Waals surface area contributed by atoms with Gasteiger partial charge in [-0.3, -0.25) is 24.1 Å². The first-order valence-corrected chi connectivity index (χ1v) is 19.1. The summed E-state index contributed by atoms with van der Waals surface area (Å²) in [5.74, 6) is -1.23. The molecule has 0 saturated carbocycles. The third-order valence-electron chi connectivity index (χ3n) is 10.2. The van der Waals surface area contributed by atoms with Crippen LogP contribution in [0.4, 0.5) is 15.5 Å². The summed E-state index contributed by atoms with van der Waals surface area (Å²) in [7, 11) is -1.96. The van der Waals surface area contributed by atoms with E-state index in [4.69, 9.17) is 14.2 Å². The van der Waals surface area contributed by atoms with Crippen LogP contribution in [0.3, 0.4) is 0 Å². The predicted octanol–water partition coefficient (Wildman–Crippen LogP) is 4.02. The first-order chi connectivity index (χ1) is 22.3. The number of likely N-dealkylation sites (tertiary alicyclic amines) is 1. The fraction of sp³-hybridized carbons (Fsp3) is 0.529. The Hall–Kier alpha value is -3.81. The standard InChI is InChI=1S/C34H42FN3O8Si/c1-20-32(47(4,5)35)28(16-29(41)36-14-6-7-24(36)19-39)46-34(20)26-15-25(44-3)12-13-27(26)37(33(34)43)18-22-8-10-23(11-9-22)38-30(42)17-31(38)45-21(2)40/h8-13,15,20,24,28,31-32,39H,6-7,14,16-19H2,1-5H3/t20-,24+,28+,31?,32-,34+/m1/s1. The normalized spacial score (nSPS) is 28.6. The van der Waals surface area contributed by atoms with E-state index >= 15 is 4.11 Å². The lowest BCUT2D eigenvalue weighted by Crippen LogP contribution is -2.54. The van der Waals surface area contributed by atoms with Crippen molar-refractivity contribution >= 4 is 43.5 Å². The summed E-state index contributed by atoms with van der Waals surface area (Å²) >= 11 is 0. The number of rotatable bonds is 9. The number of esters is 1. The zero-order chi connectivity index (χ0) is 33.8. The van der Waals surface area contributed by atoms with Gasteiger partial charge in [0.05, 0.1) is 50.9 Å². The molecule has 3 amide bonds. The molecule has 0 aromatic heterocycles. The quantitative estimate of drug-likeness (QED) is 0.184. The van der Waals surface area contributed by atoms with Crippen molar-refractivity contribution in [3.05, 3.63) is 53.6 Å². The van der Waals surface area contributed by atoms with E-state index in [9.17, 15) is 24.3 Å². The van der Waals surface area contributed by atoms with Gasteiger partial charge < -0.3 is 33.2 Å². The van der Waals surface area contributed by atoms with Crippen LogP contribution in [0.15, 0.2) is 42.5 Å². The number of fused-ring (bicyclic) bond motifs is 2. The zero-order valence-corrected chi connectivity index (χ0v) is 28.4. The third-order valence-corrected chi connectivity index (χ3v) is 12.7. The molecule has 1 unspecified atom stereocenters. The van der Waals surface area contributed by atoms with Gasteiger partial charge in [-0.1, -0.05) is 19.1 Å². The maximum atomic E-state index is 16.2. The highest BCUT2D eigenvalue weighted by atomic mass is 28.4. The van der Waals surface area contributed by atoms with Crippen LogP contribution in [0.1, 0.15) is 50.7 Å². The molecule has 6 atom stereocenters. The lowest BCUT2D eigenvalue weighted by molar-refractivity contribution is -0.154. The summed E-state index contributed by atoms with van der Waals surface area (Å²) in [6.07, 6.45) is 0.0686. The largest absolute Gasteiger partial charge is 0.497 e. The SMILES string of the molecule is COc1ccc2c(c1)[C@]1(O[C@@H](CC(=O)N3CCC[C@H]3CO)[C@H]([Si](C)(C)F)[C@H]1C)C(=O)N2Cc1ccc(N2C(=O)CC2OC(C)=O)cc1. The minimum absolute atomic E-state index is 0.0782. The maximum absolute atomic E-state index is 16.2. The molecule has 2 aromatic rings. The Morgan fingerprint density at radius 1 is 1.15 bits per heavy atom. The number of ether oxygens (including phenoxy) is 3. The van der Waals surface area contributed by atoms with E-state index < -0.39 is 43.8 Å². The van der Waals surface area contributed by atoms with E-state index in [0.717, 1.165) is 12.0 Å². The second kappa shape index (κ2) is 12.3. The monoisotopic (exact) mass is 667 g/mol. The van der Waals surface area contributed by atoms with Crippen molar-refractivity contribution in [3.8, 4) is 5.75 Å². The third kappa shape index (κ3) is 5.61. The van der Waals surface area contributed by atoms with Crippen LogP contribution in [-0.4, -0.2) is 80.7 Å². The number of hydrogen-bond acceptors (Lipinski definition) is 8. The molecule has 4 aliphatic rings. The van der Waals surface area contributed by atoms with Gasteiger partial charge in [-0.2, -0.15) is 0 Å². The average Bonchev–Trinajstić information content (AvgIpc) is 3.67. The Kier molecular flexibility index (Phi) is 8.68. The molecule has 3 fully saturated rings. The Morgan fingerprint density at radius 3 is 2.49 bits per heavy atom. The van der Waals surface area contributed by atoms with Gasteiger partial charge >= 0.3 is 5.97 Å². The Labute approximate surface area is 274 Å². The molecule has 4 heterocycles. The van der Waals surface area contributed by atoms with Gasteiger partial charge in [-0.05, 0) is 61.8 Å². The fourth-order valence-electron chi connectivity index (χ4n) is 8.08. The zero-order valence-electron chi connectivity index (χ0n) is 27.4. The molecular weight excluding hydrogens is 625 g/mol. The number of methoxy groups -OCH3 is 1. The molecule has 4 aliphatic heterocycles. The summed E-state index contributed by atoms with van der Waals surface area (Å²) < 4.78 is 33.8. The summed E-state index contributed by atoms with van der Waals surface area (Å²) in [5.41, 5.74) is 0.361. The topological polar surface area (TPSA) is 126 Å². The first-order valence-electron chi connectivity index (χ1n) is 16.2. The number of benzene rings is 2. The van der Waals surface area contributed by atoms with Crippen molar-refractivity contribution in [2.24, 2.45) is 5.92 Å². The van der Waals surface area contributed by atoms with E-state index in [0.29, 0.717) is 35.7 Å². The van der Waals surface area contributed by atoms with Gasteiger partial charge in [0, 0.05) is 36.2 Å². The first kappa shape index (κ1) is 33.1. The molecule has 6 rings (SSSR count). The Balaban J connectivity index is 1.31. The van der Waals surface area contributed by atoms with E-state index in [-0.39, 0.29) is 49.8 Å². The molecule has 2 aromatic carbocycles. The molecule has 47 heavy (non-hydrogen) atoms. The highest BCUT2D eigenvalue weighted by Gasteiger charge is 2.67. The van der Waals surface area contributed by atoms with Gasteiger partial charge in [0.25, 0.3) is 5.91 Å². The number of hydrogen-bond donors (Lipinski definition) is 1. The van der Waals surface area contributed by atoms with Crippen LogP contribution in [-0.2, 0) is 40.8 Å². The van der Waals surface area contributed by atoms with Crippen LogP contribution in [0.25, 0.3) is 0 Å². The van der Waals surface area contributed by atoms with Crippen molar-refractivity contribution < 1.29 is 42.6 Å². The lowest BCUT2D eigenvalue weighted by Gasteiger charge is -2.39. The van der Waals surface area contributed by atoms with E-state index in [2.05, 4.69) is 0 Å². The van der Waals surface area contributed by atoms with Crippen LogP contribution < -0.4 is 14.5 Å². The van der Waals surface area contributed by atoms with Crippen LogP contribution >= 0.6 is 0 Å². The second-order valence-corrected chi connectivity index (χ2v) is 17.3. The number of aliphatic hydroxyl groups excluding tert-OH is 1. The molecule has 252 valence electrons. The second-order valence-electron chi connectivity index (χ2n) is 13.5. The number of carbonyl (C=O) groups excluding carboxylic acids is 4. The molecule has 3 saturated heterocycles. The number of amides is 3. The maximum Gasteiger partial charge on any atom is 0.304 e. The molecule has 0 radical (unpaired) electrons. The summed E-state index contributed by atoms with van der Waals surface area (Å²) in [5, 5.41) is 9.82. The average molecular weight is 668 g/mol. The van der Waals surface area contributed by atoms with Gasteiger partial charge in [-0.25, -0.2) is 0 Å². The van der Waals surface area contributed by atoms with Crippen molar-refractivity contribution in [2.45, 2.75) is 88.7 Å². The van der Waals surface area contributed by atoms with E-state index in [1.54, 1.807) is 53.2 Å². The number of carbonyl (C=O) groups is 4. The summed E-state index contributed by atoms with van der Waals surface area (Å²) in [4.78, 5) is 56.7. The number of anilines is 2. The van der Waals surface area contributed by atoms with E-state index in [1.165, 1.54) is 18.9 Å². The molecular formula is C34H42FN3O8Si. The van der Waals surface area contributed by atoms with Crippen LogP contribution in [0.2, 0.25) is 18.6 Å². The van der Waals surface area contributed by atoms with Gasteiger partial charge in [0.2, 0.25) is 20.2 Å². The molecule has 1 N–H and O–H groups in total.